The number of aromatic nitrogens is 1. The van der Waals surface area contributed by atoms with Crippen molar-refractivity contribution >= 4 is 11.8 Å². The van der Waals surface area contributed by atoms with Crippen LogP contribution in [0.3, 0.4) is 0 Å². The maximum atomic E-state index is 12.0. The molecule has 3 rings (SSSR count). The molecule has 2 heterocycles. The SMILES string of the molecule is CC(=O)c1ccc(-c2ccc(C(=O)OCc3cc(C)on3)o2)cc1. The molecule has 0 saturated carbocycles. The number of benzene rings is 1. The Kier molecular flexibility index (Phi) is 4.29. The van der Waals surface area contributed by atoms with E-state index in [0.29, 0.717) is 22.8 Å². The lowest BCUT2D eigenvalue weighted by Gasteiger charge is -2.00. The first kappa shape index (κ1) is 15.7. The van der Waals surface area contributed by atoms with Gasteiger partial charge in [-0.2, -0.15) is 0 Å². The van der Waals surface area contributed by atoms with Crippen molar-refractivity contribution in [2.24, 2.45) is 0 Å². The average molecular weight is 325 g/mol. The lowest BCUT2D eigenvalue weighted by Crippen LogP contribution is -2.04. The molecule has 0 amide bonds. The Morgan fingerprint density at radius 3 is 2.50 bits per heavy atom. The zero-order chi connectivity index (χ0) is 17.1. The molecule has 24 heavy (non-hydrogen) atoms. The Morgan fingerprint density at radius 1 is 1.12 bits per heavy atom. The fraction of sp³-hybridized carbons (Fsp3) is 0.167. The highest BCUT2D eigenvalue weighted by Crippen LogP contribution is 2.23. The van der Waals surface area contributed by atoms with Gasteiger partial charge in [0, 0.05) is 17.2 Å². The molecule has 2 aromatic heterocycles. The van der Waals surface area contributed by atoms with Gasteiger partial charge in [0.2, 0.25) is 5.76 Å². The quantitative estimate of drug-likeness (QED) is 0.524. The molecule has 0 fully saturated rings. The second kappa shape index (κ2) is 6.54. The van der Waals surface area contributed by atoms with Crippen LogP contribution in [0.2, 0.25) is 0 Å². The number of aryl methyl sites for hydroxylation is 1. The summed E-state index contributed by atoms with van der Waals surface area (Å²) in [5, 5.41) is 3.75. The molecule has 0 spiro atoms. The predicted molar refractivity (Wildman–Crippen MR) is 84.5 cm³/mol. The Hall–Kier alpha value is -3.15. The Morgan fingerprint density at radius 2 is 1.88 bits per heavy atom. The lowest BCUT2D eigenvalue weighted by atomic mass is 10.1. The summed E-state index contributed by atoms with van der Waals surface area (Å²) in [6, 6.07) is 11.9. The van der Waals surface area contributed by atoms with Crippen molar-refractivity contribution in [1.29, 1.82) is 0 Å². The molecule has 0 aliphatic heterocycles. The molecule has 0 bridgehead atoms. The molecular weight excluding hydrogens is 310 g/mol. The van der Waals surface area contributed by atoms with Crippen molar-refractivity contribution < 1.29 is 23.3 Å². The third-order valence-corrected chi connectivity index (χ3v) is 3.41. The van der Waals surface area contributed by atoms with Gasteiger partial charge in [0.1, 0.15) is 23.8 Å². The Labute approximate surface area is 138 Å². The second-order valence-corrected chi connectivity index (χ2v) is 5.30. The summed E-state index contributed by atoms with van der Waals surface area (Å²) in [5.41, 5.74) is 1.92. The first-order valence-electron chi connectivity index (χ1n) is 7.33. The third kappa shape index (κ3) is 3.43. The highest BCUT2D eigenvalue weighted by molar-refractivity contribution is 5.94. The van der Waals surface area contributed by atoms with Gasteiger partial charge in [-0.05, 0) is 26.0 Å². The van der Waals surface area contributed by atoms with Gasteiger partial charge < -0.3 is 13.7 Å². The summed E-state index contributed by atoms with van der Waals surface area (Å²) in [5.74, 6) is 0.682. The second-order valence-electron chi connectivity index (χ2n) is 5.30. The monoisotopic (exact) mass is 325 g/mol. The van der Waals surface area contributed by atoms with E-state index in [1.165, 1.54) is 6.92 Å². The van der Waals surface area contributed by atoms with Crippen LogP contribution in [0.25, 0.3) is 11.3 Å². The van der Waals surface area contributed by atoms with E-state index >= 15 is 0 Å². The van der Waals surface area contributed by atoms with Gasteiger partial charge in [-0.15, -0.1) is 0 Å². The van der Waals surface area contributed by atoms with E-state index in [2.05, 4.69) is 5.16 Å². The van der Waals surface area contributed by atoms with E-state index in [9.17, 15) is 9.59 Å². The van der Waals surface area contributed by atoms with E-state index in [4.69, 9.17) is 13.7 Å². The van der Waals surface area contributed by atoms with Crippen molar-refractivity contribution in [3.8, 4) is 11.3 Å². The maximum Gasteiger partial charge on any atom is 0.374 e. The van der Waals surface area contributed by atoms with Crippen LogP contribution in [0, 0.1) is 6.92 Å². The molecule has 0 unspecified atom stereocenters. The van der Waals surface area contributed by atoms with Gasteiger partial charge in [-0.25, -0.2) is 4.79 Å². The van der Waals surface area contributed by atoms with Gasteiger partial charge in [0.05, 0.1) is 0 Å². The maximum absolute atomic E-state index is 12.0. The largest absolute Gasteiger partial charge is 0.453 e. The van der Waals surface area contributed by atoms with Crippen LogP contribution in [-0.4, -0.2) is 16.9 Å². The minimum atomic E-state index is -0.581. The molecular formula is C18H15NO5. The number of furan rings is 1. The Balaban J connectivity index is 1.68. The normalized spacial score (nSPS) is 10.6. The minimum absolute atomic E-state index is 0.00615. The summed E-state index contributed by atoms with van der Waals surface area (Å²) in [6.07, 6.45) is 0. The minimum Gasteiger partial charge on any atom is -0.453 e. The number of ketones is 1. The zero-order valence-corrected chi connectivity index (χ0v) is 13.2. The lowest BCUT2D eigenvalue weighted by molar-refractivity contribution is 0.0428. The zero-order valence-electron chi connectivity index (χ0n) is 13.2. The standard InChI is InChI=1S/C18H15NO5/c1-11-9-15(19-24-11)10-22-18(21)17-8-7-16(23-17)14-5-3-13(4-6-14)12(2)20/h3-9H,10H2,1-2H3. The van der Waals surface area contributed by atoms with E-state index in [1.54, 1.807) is 49.4 Å². The first-order chi connectivity index (χ1) is 11.5. The number of Topliss-reactive ketones (excluding diaryl/α,β-unsaturated/α-hetero) is 1. The number of carbonyl (C=O) groups is 2. The molecule has 0 radical (unpaired) electrons. The fourth-order valence-electron chi connectivity index (χ4n) is 2.17. The van der Waals surface area contributed by atoms with Crippen LogP contribution in [0.5, 0.6) is 0 Å². The predicted octanol–water partition coefficient (Wildman–Crippen LogP) is 3.80. The van der Waals surface area contributed by atoms with E-state index < -0.39 is 5.97 Å². The van der Waals surface area contributed by atoms with Crippen LogP contribution in [0.15, 0.2) is 51.4 Å². The summed E-state index contributed by atoms with van der Waals surface area (Å²) in [4.78, 5) is 23.3. The molecule has 0 atom stereocenters. The summed E-state index contributed by atoms with van der Waals surface area (Å²) in [6.45, 7) is 3.28. The van der Waals surface area contributed by atoms with E-state index in [1.807, 2.05) is 0 Å². The molecule has 0 N–H and O–H groups in total. The summed E-state index contributed by atoms with van der Waals surface area (Å²) >= 11 is 0. The molecule has 6 heteroatoms. The Bertz CT molecular complexity index is 873. The van der Waals surface area contributed by atoms with Gasteiger partial charge >= 0.3 is 5.97 Å². The van der Waals surface area contributed by atoms with Crippen LogP contribution < -0.4 is 0 Å². The first-order valence-corrected chi connectivity index (χ1v) is 7.33. The fourth-order valence-corrected chi connectivity index (χ4v) is 2.17. The molecule has 3 aromatic rings. The molecule has 1 aromatic carbocycles. The highest BCUT2D eigenvalue weighted by Gasteiger charge is 2.15. The van der Waals surface area contributed by atoms with E-state index in [-0.39, 0.29) is 18.2 Å². The number of hydrogen-bond donors (Lipinski definition) is 0. The van der Waals surface area contributed by atoms with Crippen LogP contribution in [0.1, 0.15) is 39.3 Å². The van der Waals surface area contributed by atoms with Crippen molar-refractivity contribution in [1.82, 2.24) is 5.16 Å². The summed E-state index contributed by atoms with van der Waals surface area (Å²) < 4.78 is 15.6. The number of esters is 1. The van der Waals surface area contributed by atoms with Gasteiger partial charge in [0.15, 0.2) is 5.78 Å². The van der Waals surface area contributed by atoms with Crippen LogP contribution in [0.4, 0.5) is 0 Å². The number of nitrogens with zero attached hydrogens (tertiary/aromatic N) is 1. The van der Waals surface area contributed by atoms with Crippen molar-refractivity contribution in [2.45, 2.75) is 20.5 Å². The van der Waals surface area contributed by atoms with Crippen LogP contribution in [-0.2, 0) is 11.3 Å². The topological polar surface area (TPSA) is 82.5 Å². The van der Waals surface area contributed by atoms with E-state index in [0.717, 1.165) is 5.56 Å². The average Bonchev–Trinajstić information content (AvgIpc) is 3.22. The number of rotatable bonds is 5. The van der Waals surface area contributed by atoms with Crippen molar-refractivity contribution in [2.75, 3.05) is 0 Å². The number of hydrogen-bond acceptors (Lipinski definition) is 6. The number of carbonyl (C=O) groups excluding carboxylic acids is 2. The van der Waals surface area contributed by atoms with Crippen molar-refractivity contribution in [3.05, 3.63) is 65.2 Å². The van der Waals surface area contributed by atoms with Gasteiger partial charge in [0.25, 0.3) is 0 Å². The van der Waals surface area contributed by atoms with Gasteiger partial charge in [-0.1, -0.05) is 29.4 Å². The van der Waals surface area contributed by atoms with Gasteiger partial charge in [-0.3, -0.25) is 4.79 Å². The molecule has 6 nitrogen and oxygen atoms in total. The molecule has 122 valence electrons. The smallest absolute Gasteiger partial charge is 0.374 e. The molecule has 0 aliphatic carbocycles. The van der Waals surface area contributed by atoms with Crippen molar-refractivity contribution in [3.63, 3.8) is 0 Å². The number of ether oxygens (including phenoxy) is 1. The molecule has 0 saturated heterocycles. The third-order valence-electron chi connectivity index (χ3n) is 3.41. The highest BCUT2D eigenvalue weighted by atomic mass is 16.5. The summed E-state index contributed by atoms with van der Waals surface area (Å²) in [7, 11) is 0. The van der Waals surface area contributed by atoms with Crippen LogP contribution >= 0.6 is 0 Å². The molecule has 0 aliphatic rings.